The molecule has 0 spiro atoms. The number of para-hydroxylation sites is 1. The second-order valence-corrected chi connectivity index (χ2v) is 6.39. The summed E-state index contributed by atoms with van der Waals surface area (Å²) >= 11 is 0. The van der Waals surface area contributed by atoms with Crippen LogP contribution < -0.4 is 15.4 Å². The van der Waals surface area contributed by atoms with E-state index in [1.165, 1.54) is 0 Å². The molecule has 140 valence electrons. The van der Waals surface area contributed by atoms with Crippen LogP contribution in [-0.4, -0.2) is 30.5 Å². The Labute approximate surface area is 157 Å². The molecule has 0 fully saturated rings. The van der Waals surface area contributed by atoms with E-state index >= 15 is 0 Å². The van der Waals surface area contributed by atoms with Crippen LogP contribution in [-0.2, 0) is 22.6 Å². The number of carbonyl (C=O) groups excluding carboxylic acids is 2. The number of aromatic nitrogens is 1. The molecule has 6 nitrogen and oxygen atoms in total. The van der Waals surface area contributed by atoms with Gasteiger partial charge in [-0.2, -0.15) is 0 Å². The zero-order valence-electron chi connectivity index (χ0n) is 15.5. The van der Waals surface area contributed by atoms with E-state index in [4.69, 9.17) is 4.74 Å². The lowest BCUT2D eigenvalue weighted by atomic mass is 10.1. The van der Waals surface area contributed by atoms with Crippen LogP contribution in [0.1, 0.15) is 16.8 Å². The van der Waals surface area contributed by atoms with Crippen molar-refractivity contribution < 1.29 is 14.3 Å². The van der Waals surface area contributed by atoms with Gasteiger partial charge >= 0.3 is 0 Å². The average Bonchev–Trinajstić information content (AvgIpc) is 3.06. The van der Waals surface area contributed by atoms with E-state index in [-0.39, 0.29) is 24.8 Å². The Bertz CT molecular complexity index is 945. The Kier molecular flexibility index (Phi) is 5.76. The molecule has 0 radical (unpaired) electrons. The minimum absolute atomic E-state index is 0.0277. The molecule has 2 aromatic carbocycles. The summed E-state index contributed by atoms with van der Waals surface area (Å²) in [5, 5.41) is 6.61. The van der Waals surface area contributed by atoms with Gasteiger partial charge in [-0.15, -0.1) is 0 Å². The van der Waals surface area contributed by atoms with Crippen molar-refractivity contribution in [1.29, 1.82) is 0 Å². The molecule has 0 unspecified atom stereocenters. The van der Waals surface area contributed by atoms with Crippen LogP contribution in [0.5, 0.6) is 5.75 Å². The van der Waals surface area contributed by atoms with Gasteiger partial charge in [0.2, 0.25) is 5.91 Å². The molecule has 3 aromatic rings. The molecule has 0 aliphatic carbocycles. The van der Waals surface area contributed by atoms with Crippen LogP contribution in [0.2, 0.25) is 0 Å². The summed E-state index contributed by atoms with van der Waals surface area (Å²) in [6.07, 6.45) is 0.287. The Hall–Kier alpha value is -3.28. The highest BCUT2D eigenvalue weighted by Crippen LogP contribution is 2.19. The molecule has 0 saturated carbocycles. The van der Waals surface area contributed by atoms with Crippen LogP contribution in [0.3, 0.4) is 0 Å². The van der Waals surface area contributed by atoms with Crippen molar-refractivity contribution in [2.24, 2.45) is 0 Å². The third-order valence-corrected chi connectivity index (χ3v) is 4.29. The third kappa shape index (κ3) is 4.88. The smallest absolute Gasteiger partial charge is 0.257 e. The normalized spacial score (nSPS) is 10.6. The molecule has 0 bridgehead atoms. The number of fused-ring (bicyclic) bond motifs is 1. The number of H-pyrrole nitrogens is 1. The number of carbonyl (C=O) groups is 2. The molecule has 0 saturated heterocycles. The largest absolute Gasteiger partial charge is 0.484 e. The monoisotopic (exact) mass is 365 g/mol. The molecule has 3 rings (SSSR count). The van der Waals surface area contributed by atoms with Crippen LogP contribution in [0.25, 0.3) is 10.9 Å². The zero-order chi connectivity index (χ0) is 19.2. The highest BCUT2D eigenvalue weighted by atomic mass is 16.5. The van der Waals surface area contributed by atoms with Crippen molar-refractivity contribution in [2.45, 2.75) is 19.9 Å². The van der Waals surface area contributed by atoms with Crippen LogP contribution in [0.15, 0.2) is 48.5 Å². The number of hydrogen-bond donors (Lipinski definition) is 3. The molecule has 0 aliphatic heterocycles. The summed E-state index contributed by atoms with van der Waals surface area (Å²) in [5.41, 5.74) is 4.11. The molecular formula is C21H23N3O3. The molecular weight excluding hydrogens is 342 g/mol. The van der Waals surface area contributed by atoms with Crippen LogP contribution in [0.4, 0.5) is 0 Å². The first-order valence-electron chi connectivity index (χ1n) is 8.81. The van der Waals surface area contributed by atoms with Crippen LogP contribution >= 0.6 is 0 Å². The fourth-order valence-electron chi connectivity index (χ4n) is 2.87. The number of amides is 2. The quantitative estimate of drug-likeness (QED) is 0.601. The predicted molar refractivity (Wildman–Crippen MR) is 105 cm³/mol. The van der Waals surface area contributed by atoms with E-state index in [1.54, 1.807) is 19.2 Å². The number of aryl methyl sites for hydroxylation is 1. The Balaban J connectivity index is 1.53. The second kappa shape index (κ2) is 8.40. The first-order chi connectivity index (χ1) is 13.0. The molecule has 6 heteroatoms. The maximum Gasteiger partial charge on any atom is 0.257 e. The summed E-state index contributed by atoms with van der Waals surface area (Å²) in [6.45, 7) is 2.47. The standard InChI is InChI=1S/C21H23N3O3/c1-14-10-16-4-3-5-17(21(16)24-14)12-23-19(25)11-15-6-8-18(9-7-15)27-13-20(26)22-2/h3-10,24H,11-13H2,1-2H3,(H,22,26)(H,23,25). The molecule has 3 N–H and O–H groups in total. The van der Waals surface area contributed by atoms with Crippen molar-refractivity contribution in [2.75, 3.05) is 13.7 Å². The minimum atomic E-state index is -0.189. The number of aromatic amines is 1. The molecule has 0 atom stereocenters. The molecule has 0 aliphatic rings. The Morgan fingerprint density at radius 1 is 1.07 bits per heavy atom. The highest BCUT2D eigenvalue weighted by molar-refractivity contribution is 5.84. The van der Waals surface area contributed by atoms with Gasteiger partial charge < -0.3 is 20.4 Å². The summed E-state index contributed by atoms with van der Waals surface area (Å²) in [6, 6.07) is 15.3. The van der Waals surface area contributed by atoms with Crippen molar-refractivity contribution in [3.63, 3.8) is 0 Å². The van der Waals surface area contributed by atoms with Crippen LogP contribution in [0, 0.1) is 6.92 Å². The molecule has 27 heavy (non-hydrogen) atoms. The third-order valence-electron chi connectivity index (χ3n) is 4.29. The molecule has 1 heterocycles. The van der Waals surface area contributed by atoms with Gasteiger partial charge in [0.25, 0.3) is 5.91 Å². The van der Waals surface area contributed by atoms with Gasteiger partial charge in [-0.25, -0.2) is 0 Å². The first-order valence-corrected chi connectivity index (χ1v) is 8.81. The van der Waals surface area contributed by atoms with Gasteiger partial charge in [-0.3, -0.25) is 9.59 Å². The molecule has 2 amide bonds. The number of rotatable bonds is 7. The number of nitrogens with one attached hydrogen (secondary N) is 3. The first kappa shape index (κ1) is 18.5. The Morgan fingerprint density at radius 3 is 2.59 bits per heavy atom. The summed E-state index contributed by atoms with van der Waals surface area (Å²) in [7, 11) is 1.56. The lowest BCUT2D eigenvalue weighted by molar-refractivity contribution is -0.122. The van der Waals surface area contributed by atoms with E-state index in [1.807, 2.05) is 31.2 Å². The van der Waals surface area contributed by atoms with E-state index in [2.05, 4.69) is 27.8 Å². The number of ether oxygens (including phenoxy) is 1. The average molecular weight is 365 g/mol. The van der Waals surface area contributed by atoms with E-state index in [0.29, 0.717) is 12.3 Å². The van der Waals surface area contributed by atoms with Crippen molar-refractivity contribution in [1.82, 2.24) is 15.6 Å². The molecule has 1 aromatic heterocycles. The summed E-state index contributed by atoms with van der Waals surface area (Å²) < 4.78 is 5.35. The fraction of sp³-hybridized carbons (Fsp3) is 0.238. The van der Waals surface area contributed by atoms with Gasteiger partial charge in [0, 0.05) is 19.3 Å². The second-order valence-electron chi connectivity index (χ2n) is 6.39. The SMILES string of the molecule is CNC(=O)COc1ccc(CC(=O)NCc2cccc3cc(C)[nH]c23)cc1. The lowest BCUT2D eigenvalue weighted by Crippen LogP contribution is -2.25. The summed E-state index contributed by atoms with van der Waals surface area (Å²) in [4.78, 5) is 26.8. The fourth-order valence-corrected chi connectivity index (χ4v) is 2.87. The van der Waals surface area contributed by atoms with Gasteiger partial charge in [0.05, 0.1) is 11.9 Å². The van der Waals surface area contributed by atoms with Gasteiger partial charge in [-0.1, -0.05) is 30.3 Å². The van der Waals surface area contributed by atoms with Gasteiger partial charge in [-0.05, 0) is 41.6 Å². The maximum atomic E-state index is 12.3. The number of hydrogen-bond acceptors (Lipinski definition) is 3. The topological polar surface area (TPSA) is 83.2 Å². The number of likely N-dealkylation sites (N-methyl/N-ethyl adjacent to an activating group) is 1. The minimum Gasteiger partial charge on any atom is -0.484 e. The van der Waals surface area contributed by atoms with E-state index < -0.39 is 0 Å². The maximum absolute atomic E-state index is 12.3. The van der Waals surface area contributed by atoms with E-state index in [9.17, 15) is 9.59 Å². The highest BCUT2D eigenvalue weighted by Gasteiger charge is 2.07. The van der Waals surface area contributed by atoms with Crippen molar-refractivity contribution in [3.05, 3.63) is 65.4 Å². The van der Waals surface area contributed by atoms with E-state index in [0.717, 1.165) is 27.7 Å². The Morgan fingerprint density at radius 2 is 1.85 bits per heavy atom. The summed E-state index contributed by atoms with van der Waals surface area (Å²) in [5.74, 6) is 0.358. The van der Waals surface area contributed by atoms with Gasteiger partial charge in [0.1, 0.15) is 5.75 Å². The van der Waals surface area contributed by atoms with Crippen molar-refractivity contribution in [3.8, 4) is 5.75 Å². The zero-order valence-corrected chi connectivity index (χ0v) is 15.5. The van der Waals surface area contributed by atoms with Crippen molar-refractivity contribution >= 4 is 22.7 Å². The lowest BCUT2D eigenvalue weighted by Gasteiger charge is -2.08. The van der Waals surface area contributed by atoms with Gasteiger partial charge in [0.15, 0.2) is 6.61 Å². The predicted octanol–water partition coefficient (Wildman–Crippen LogP) is 2.46. The number of benzene rings is 2.